The molecule has 3 fully saturated rings. The molecule has 0 aromatic heterocycles. The van der Waals surface area contributed by atoms with Crippen LogP contribution in [0.3, 0.4) is 0 Å². The molecular weight excluding hydrogens is 1200 g/mol. The minimum absolute atomic E-state index is 0.0751. The Hall–Kier alpha value is -4.79. The standard InChI is InChI=1S/C84H118O5Si4/c1-18-90(19-2,20-3)89-83(15,16)60-39-42-65(4)75-58-59-76-67(43-40-61-84(75,76)17)56-57-68-64-77(87-92(81(9,10)11,71-48-31-23-32-49-71)72-50-33-24-34-51-72)79(78(66(68)5)88-93(82(12,13)14,73-52-35-25-36-53-73)74-54-37-26-38-55-74)85-62-41-63-86-91(80(6,7)8,69-44-27-21-28-45-69)70-46-29-22-30-47-70/h21-38,44-57,65,75-79H,5,18-20,39-43,58-64H2,1-4,6-17H3/t65-,75-,76+,77?,78?,79?,84-/m1/s1. The van der Waals surface area contributed by atoms with Crippen molar-refractivity contribution < 1.29 is 22.4 Å². The quantitative estimate of drug-likeness (QED) is 0.0380. The van der Waals surface area contributed by atoms with E-state index in [9.17, 15) is 0 Å². The molecule has 0 spiro atoms. The molecule has 0 heterocycles. The first-order chi connectivity index (χ1) is 44.3. The van der Waals surface area contributed by atoms with Crippen molar-refractivity contribution in [2.24, 2.45) is 23.2 Å². The molecule has 3 unspecified atom stereocenters. The summed E-state index contributed by atoms with van der Waals surface area (Å²) in [5, 5.41) is 6.74. The number of fused-ring (bicyclic) bond motifs is 1. The lowest BCUT2D eigenvalue weighted by Gasteiger charge is -2.52. The van der Waals surface area contributed by atoms with Crippen molar-refractivity contribution in [3.05, 3.63) is 217 Å². The summed E-state index contributed by atoms with van der Waals surface area (Å²) in [5.74, 6) is 1.91. The summed E-state index contributed by atoms with van der Waals surface area (Å²) in [4.78, 5) is 0. The lowest BCUT2D eigenvalue weighted by Crippen LogP contribution is -2.71. The second-order valence-electron chi connectivity index (χ2n) is 32.0. The molecule has 3 saturated carbocycles. The van der Waals surface area contributed by atoms with Gasteiger partial charge in [-0.2, -0.15) is 0 Å². The van der Waals surface area contributed by atoms with Gasteiger partial charge in [-0.05, 0) is 157 Å². The van der Waals surface area contributed by atoms with Crippen molar-refractivity contribution in [2.45, 2.75) is 232 Å². The van der Waals surface area contributed by atoms with E-state index in [0.29, 0.717) is 43.8 Å². The summed E-state index contributed by atoms with van der Waals surface area (Å²) >= 11 is 0. The van der Waals surface area contributed by atoms with Crippen molar-refractivity contribution in [3.63, 3.8) is 0 Å². The van der Waals surface area contributed by atoms with Gasteiger partial charge < -0.3 is 22.4 Å². The van der Waals surface area contributed by atoms with Gasteiger partial charge in [-0.3, -0.25) is 0 Å². The first kappa shape index (κ1) is 72.5. The van der Waals surface area contributed by atoms with Crippen LogP contribution in [0, 0.1) is 23.2 Å². The van der Waals surface area contributed by atoms with Crippen LogP contribution in [-0.4, -0.2) is 70.4 Å². The molecule has 500 valence electrons. The summed E-state index contributed by atoms with van der Waals surface area (Å²) in [6.07, 6.45) is 14.7. The summed E-state index contributed by atoms with van der Waals surface area (Å²) < 4.78 is 39.6. The van der Waals surface area contributed by atoms with Gasteiger partial charge in [-0.1, -0.05) is 316 Å². The lowest BCUT2D eigenvalue weighted by molar-refractivity contribution is -0.0861. The van der Waals surface area contributed by atoms with E-state index in [0.717, 1.165) is 18.4 Å². The maximum absolute atomic E-state index is 8.55. The average Bonchev–Trinajstić information content (AvgIpc) is 1.39. The van der Waals surface area contributed by atoms with Crippen LogP contribution in [0.4, 0.5) is 0 Å². The molecule has 5 nitrogen and oxygen atoms in total. The van der Waals surface area contributed by atoms with Crippen LogP contribution < -0.4 is 31.1 Å². The Labute approximate surface area is 569 Å². The smallest absolute Gasteiger partial charge is 0.262 e. The van der Waals surface area contributed by atoms with E-state index in [1.165, 1.54) is 93.4 Å². The maximum atomic E-state index is 8.55. The van der Waals surface area contributed by atoms with Gasteiger partial charge in [0.2, 0.25) is 0 Å². The molecule has 0 saturated heterocycles. The predicted molar refractivity (Wildman–Crippen MR) is 406 cm³/mol. The van der Waals surface area contributed by atoms with E-state index < -0.39 is 51.6 Å². The Morgan fingerprint density at radius 1 is 0.538 bits per heavy atom. The number of allylic oxidation sites excluding steroid dienone is 3. The first-order valence-corrected chi connectivity index (χ1v) is 44.2. The molecule has 0 N–H and O–H groups in total. The van der Waals surface area contributed by atoms with Gasteiger partial charge in [0.05, 0.1) is 17.8 Å². The SMILES string of the molecule is C=C1C(=CC=C2CCC[C@]3(C)[C@@H]([C@H](C)CCCC(C)(C)O[Si](CC)(CC)CC)CC[C@@H]23)CC(O[Si](c2ccccc2)(c2ccccc2)C(C)(C)C)C(OCCCO[Si](c2ccccc2)(c2ccccc2)C(C)(C)C)C1O[Si](c1ccccc1)(c1ccccc1)C(C)(C)C. The highest BCUT2D eigenvalue weighted by Gasteiger charge is 2.58. The maximum Gasteiger partial charge on any atom is 0.262 e. The molecular formula is C84H118O5Si4. The van der Waals surface area contributed by atoms with Crippen molar-refractivity contribution in [1.29, 1.82) is 0 Å². The molecule has 0 bridgehead atoms. The molecule has 3 aliphatic carbocycles. The zero-order valence-corrected chi connectivity index (χ0v) is 64.3. The minimum atomic E-state index is -3.27. The summed E-state index contributed by atoms with van der Waals surface area (Å²) in [6, 6.07) is 70.3. The van der Waals surface area contributed by atoms with Crippen LogP contribution in [0.2, 0.25) is 33.2 Å². The number of hydrogen-bond donors (Lipinski definition) is 0. The second kappa shape index (κ2) is 30.3. The summed E-state index contributed by atoms with van der Waals surface area (Å²) in [7, 11) is -11.0. The highest BCUT2D eigenvalue weighted by Crippen LogP contribution is 2.60. The fourth-order valence-electron chi connectivity index (χ4n) is 17.8. The van der Waals surface area contributed by atoms with Crippen molar-refractivity contribution >= 4 is 64.4 Å². The van der Waals surface area contributed by atoms with Gasteiger partial charge in [0, 0.05) is 19.6 Å². The number of benzene rings is 6. The van der Waals surface area contributed by atoms with Gasteiger partial charge in [0.15, 0.2) is 8.32 Å². The summed E-state index contributed by atoms with van der Waals surface area (Å²) in [6.45, 7) is 44.8. The van der Waals surface area contributed by atoms with Crippen molar-refractivity contribution in [3.8, 4) is 0 Å². The van der Waals surface area contributed by atoms with Crippen molar-refractivity contribution in [2.75, 3.05) is 13.2 Å². The predicted octanol–water partition coefficient (Wildman–Crippen LogP) is 18.9. The monoisotopic (exact) mass is 1320 g/mol. The highest BCUT2D eigenvalue weighted by molar-refractivity contribution is 7.00. The molecule has 7 atom stereocenters. The largest absolute Gasteiger partial charge is 0.412 e. The molecule has 93 heavy (non-hydrogen) atoms. The van der Waals surface area contributed by atoms with Gasteiger partial charge in [-0.25, -0.2) is 0 Å². The topological polar surface area (TPSA) is 46.2 Å². The van der Waals surface area contributed by atoms with E-state index in [1.54, 1.807) is 5.57 Å². The first-order valence-electron chi connectivity index (χ1n) is 36.0. The Morgan fingerprint density at radius 2 is 0.957 bits per heavy atom. The van der Waals surface area contributed by atoms with Crippen LogP contribution >= 0.6 is 0 Å². The Morgan fingerprint density at radius 3 is 1.38 bits per heavy atom. The third-order valence-corrected chi connectivity index (χ3v) is 42.7. The highest BCUT2D eigenvalue weighted by atomic mass is 28.4. The second-order valence-corrected chi connectivity index (χ2v) is 49.5. The minimum Gasteiger partial charge on any atom is -0.412 e. The molecule has 9 heteroatoms. The van der Waals surface area contributed by atoms with Gasteiger partial charge in [-0.15, -0.1) is 0 Å². The van der Waals surface area contributed by atoms with Crippen molar-refractivity contribution in [1.82, 2.24) is 0 Å². The van der Waals surface area contributed by atoms with E-state index in [1.807, 2.05) is 0 Å². The zero-order valence-electron chi connectivity index (χ0n) is 60.3. The van der Waals surface area contributed by atoms with E-state index >= 15 is 0 Å². The van der Waals surface area contributed by atoms with Gasteiger partial charge >= 0.3 is 0 Å². The molecule has 0 amide bonds. The van der Waals surface area contributed by atoms with Gasteiger partial charge in [0.1, 0.15) is 6.10 Å². The normalized spacial score (nSPS) is 22.5. The lowest BCUT2D eigenvalue weighted by atomic mass is 9.60. The number of hydrogen-bond acceptors (Lipinski definition) is 5. The Kier molecular flexibility index (Phi) is 23.6. The molecule has 0 aliphatic heterocycles. The molecule has 6 aromatic rings. The molecule has 9 rings (SSSR count). The number of rotatable bonds is 27. The molecule has 3 aliphatic rings. The van der Waals surface area contributed by atoms with Crippen LogP contribution in [-0.2, 0) is 22.4 Å². The van der Waals surface area contributed by atoms with E-state index in [2.05, 4.69) is 305 Å². The van der Waals surface area contributed by atoms with Crippen LogP contribution in [0.25, 0.3) is 0 Å². The number of ether oxygens (including phenoxy) is 1. The van der Waals surface area contributed by atoms with Crippen LogP contribution in [0.1, 0.15) is 175 Å². The third kappa shape index (κ3) is 15.2. The fraction of sp³-hybridized carbons (Fsp3) is 0.500. The fourth-order valence-corrected chi connectivity index (χ4v) is 35.0. The van der Waals surface area contributed by atoms with Gasteiger partial charge in [0.25, 0.3) is 25.0 Å². The Bertz CT molecular complexity index is 3240. The zero-order chi connectivity index (χ0) is 66.9. The third-order valence-electron chi connectivity index (χ3n) is 22.7. The van der Waals surface area contributed by atoms with E-state index in [4.69, 9.17) is 29.0 Å². The molecule has 6 aromatic carbocycles. The Balaban J connectivity index is 1.14. The van der Waals surface area contributed by atoms with E-state index in [-0.39, 0.29) is 26.1 Å². The van der Waals surface area contributed by atoms with Crippen LogP contribution in [0.5, 0.6) is 0 Å². The summed E-state index contributed by atoms with van der Waals surface area (Å²) in [5.41, 5.74) is 3.99. The van der Waals surface area contributed by atoms with Crippen LogP contribution in [0.15, 0.2) is 217 Å². The molecule has 0 radical (unpaired) electrons. The average molecular weight is 1320 g/mol.